The van der Waals surface area contributed by atoms with Crippen molar-refractivity contribution in [2.24, 2.45) is 0 Å². The molecule has 2 rings (SSSR count). The minimum atomic E-state index is -3.45. The number of hydrogen-bond acceptors (Lipinski definition) is 5. The Balaban J connectivity index is 2.32. The summed E-state index contributed by atoms with van der Waals surface area (Å²) in [6.07, 6.45) is 1.02. The topological polar surface area (TPSA) is 62.6 Å². The van der Waals surface area contributed by atoms with E-state index < -0.39 is 10.0 Å². The summed E-state index contributed by atoms with van der Waals surface area (Å²) in [4.78, 5) is 0.371. The molecule has 1 aliphatic heterocycles. The number of thioether (sulfide) groups is 1. The Morgan fingerprint density at radius 3 is 2.52 bits per heavy atom. The third-order valence-electron chi connectivity index (χ3n) is 3.62. The van der Waals surface area contributed by atoms with Crippen LogP contribution >= 0.6 is 11.8 Å². The lowest BCUT2D eigenvalue weighted by Gasteiger charge is -2.25. The first-order chi connectivity index (χ1) is 9.98. The zero-order valence-electron chi connectivity index (χ0n) is 12.9. The molecule has 5 nitrogen and oxygen atoms in total. The van der Waals surface area contributed by atoms with Crippen molar-refractivity contribution in [1.82, 2.24) is 9.62 Å². The van der Waals surface area contributed by atoms with Gasteiger partial charge in [0.15, 0.2) is 0 Å². The molecule has 1 N–H and O–H groups in total. The highest BCUT2D eigenvalue weighted by Gasteiger charge is 2.32. The SMILES string of the molecule is CCCNCc1c(C)oc(C)c1S(=O)(=O)N1CCSCC1. The van der Waals surface area contributed by atoms with E-state index in [9.17, 15) is 8.42 Å². The molecule has 1 saturated heterocycles. The second-order valence-electron chi connectivity index (χ2n) is 5.22. The van der Waals surface area contributed by atoms with Crippen LogP contribution in [0, 0.1) is 13.8 Å². The van der Waals surface area contributed by atoms with E-state index in [0.29, 0.717) is 36.1 Å². The smallest absolute Gasteiger partial charge is 0.246 e. The van der Waals surface area contributed by atoms with E-state index in [1.54, 1.807) is 23.0 Å². The third-order valence-corrected chi connectivity index (χ3v) is 6.66. The van der Waals surface area contributed by atoms with Crippen LogP contribution in [0.15, 0.2) is 9.31 Å². The molecule has 1 aliphatic rings. The van der Waals surface area contributed by atoms with Gasteiger partial charge in [0.2, 0.25) is 10.0 Å². The third kappa shape index (κ3) is 3.64. The van der Waals surface area contributed by atoms with Crippen molar-refractivity contribution >= 4 is 21.8 Å². The van der Waals surface area contributed by atoms with Crippen molar-refractivity contribution < 1.29 is 12.8 Å². The summed E-state index contributed by atoms with van der Waals surface area (Å²) >= 11 is 1.80. The van der Waals surface area contributed by atoms with Gasteiger partial charge in [-0.05, 0) is 26.8 Å². The van der Waals surface area contributed by atoms with Crippen LogP contribution in [-0.2, 0) is 16.6 Å². The predicted molar refractivity (Wildman–Crippen MR) is 86.3 cm³/mol. The van der Waals surface area contributed by atoms with E-state index in [4.69, 9.17) is 4.42 Å². The van der Waals surface area contributed by atoms with Crippen molar-refractivity contribution in [1.29, 1.82) is 0 Å². The Labute approximate surface area is 131 Å². The Morgan fingerprint density at radius 1 is 1.24 bits per heavy atom. The van der Waals surface area contributed by atoms with E-state index in [0.717, 1.165) is 30.0 Å². The van der Waals surface area contributed by atoms with Gasteiger partial charge in [0.05, 0.1) is 0 Å². The second-order valence-corrected chi connectivity index (χ2v) is 8.31. The van der Waals surface area contributed by atoms with E-state index in [-0.39, 0.29) is 0 Å². The fourth-order valence-electron chi connectivity index (χ4n) is 2.56. The van der Waals surface area contributed by atoms with Crippen molar-refractivity contribution in [3.05, 3.63) is 17.1 Å². The summed E-state index contributed by atoms with van der Waals surface area (Å²) in [5, 5.41) is 3.27. The molecule has 0 atom stereocenters. The van der Waals surface area contributed by atoms with Gasteiger partial charge in [-0.3, -0.25) is 0 Å². The molecule has 1 fully saturated rings. The normalized spacial score (nSPS) is 17.3. The summed E-state index contributed by atoms with van der Waals surface area (Å²) in [6, 6.07) is 0. The van der Waals surface area contributed by atoms with Crippen molar-refractivity contribution in [2.75, 3.05) is 31.1 Å². The molecule has 21 heavy (non-hydrogen) atoms. The van der Waals surface area contributed by atoms with Gasteiger partial charge in [-0.1, -0.05) is 6.92 Å². The van der Waals surface area contributed by atoms with E-state index in [1.165, 1.54) is 0 Å². The van der Waals surface area contributed by atoms with Crippen LogP contribution in [0.5, 0.6) is 0 Å². The molecule has 0 aromatic carbocycles. The molecule has 1 aromatic heterocycles. The van der Waals surface area contributed by atoms with Crippen molar-refractivity contribution in [3.63, 3.8) is 0 Å². The minimum absolute atomic E-state index is 0.371. The summed E-state index contributed by atoms with van der Waals surface area (Å²) in [7, 11) is -3.45. The van der Waals surface area contributed by atoms with E-state index in [2.05, 4.69) is 12.2 Å². The lowest BCUT2D eigenvalue weighted by molar-refractivity contribution is 0.439. The lowest BCUT2D eigenvalue weighted by Crippen LogP contribution is -2.38. The summed E-state index contributed by atoms with van der Waals surface area (Å²) < 4.78 is 33.0. The van der Waals surface area contributed by atoms with Crippen LogP contribution in [0.2, 0.25) is 0 Å². The van der Waals surface area contributed by atoms with Gasteiger partial charge in [0, 0.05) is 36.7 Å². The summed E-state index contributed by atoms with van der Waals surface area (Å²) in [5.41, 5.74) is 0.777. The quantitative estimate of drug-likeness (QED) is 0.809. The average molecular weight is 332 g/mol. The van der Waals surface area contributed by atoms with Crippen LogP contribution in [0.4, 0.5) is 0 Å². The second kappa shape index (κ2) is 7.17. The number of nitrogens with one attached hydrogen (secondary N) is 1. The number of sulfonamides is 1. The largest absolute Gasteiger partial charge is 0.465 e. The zero-order chi connectivity index (χ0) is 15.5. The molecule has 120 valence electrons. The van der Waals surface area contributed by atoms with Gasteiger partial charge >= 0.3 is 0 Å². The number of nitrogens with zero attached hydrogens (tertiary/aromatic N) is 1. The number of rotatable bonds is 6. The summed E-state index contributed by atoms with van der Waals surface area (Å²) in [6.45, 7) is 8.22. The van der Waals surface area contributed by atoms with Crippen LogP contribution in [0.3, 0.4) is 0 Å². The molecular weight excluding hydrogens is 308 g/mol. The number of aryl methyl sites for hydroxylation is 2. The van der Waals surface area contributed by atoms with Gasteiger partial charge in [-0.25, -0.2) is 8.42 Å². The molecule has 1 aromatic rings. The standard InChI is InChI=1S/C14H24N2O3S2/c1-4-5-15-10-13-11(2)19-12(3)14(13)21(17,18)16-6-8-20-9-7-16/h15H,4-10H2,1-3H3. The molecule has 0 unspecified atom stereocenters. The van der Waals surface area contributed by atoms with Crippen LogP contribution < -0.4 is 5.32 Å². The maximum absolute atomic E-state index is 12.9. The fraction of sp³-hybridized carbons (Fsp3) is 0.714. The monoisotopic (exact) mass is 332 g/mol. The first-order valence-electron chi connectivity index (χ1n) is 7.36. The number of furan rings is 1. The zero-order valence-corrected chi connectivity index (χ0v) is 14.6. The van der Waals surface area contributed by atoms with Gasteiger partial charge in [-0.2, -0.15) is 16.1 Å². The van der Waals surface area contributed by atoms with Gasteiger partial charge in [0.1, 0.15) is 16.4 Å². The maximum Gasteiger partial charge on any atom is 0.246 e. The molecule has 0 radical (unpaired) electrons. The molecule has 7 heteroatoms. The van der Waals surface area contributed by atoms with Crippen LogP contribution in [0.25, 0.3) is 0 Å². The predicted octanol–water partition coefficient (Wildman–Crippen LogP) is 2.13. The van der Waals surface area contributed by atoms with Gasteiger partial charge in [0.25, 0.3) is 0 Å². The van der Waals surface area contributed by atoms with Gasteiger partial charge in [-0.15, -0.1) is 0 Å². The van der Waals surface area contributed by atoms with Crippen molar-refractivity contribution in [3.8, 4) is 0 Å². The molecule has 0 saturated carbocycles. The van der Waals surface area contributed by atoms with Crippen LogP contribution in [-0.4, -0.2) is 43.9 Å². The lowest BCUT2D eigenvalue weighted by atomic mass is 10.2. The highest BCUT2D eigenvalue weighted by molar-refractivity contribution is 7.99. The van der Waals surface area contributed by atoms with E-state index >= 15 is 0 Å². The molecule has 0 aliphatic carbocycles. The highest BCUT2D eigenvalue weighted by Crippen LogP contribution is 2.30. The molecule has 2 heterocycles. The Kier molecular flexibility index (Phi) is 5.76. The summed E-state index contributed by atoms with van der Waals surface area (Å²) in [5.74, 6) is 2.91. The molecule has 0 bridgehead atoms. The minimum Gasteiger partial charge on any atom is -0.465 e. The van der Waals surface area contributed by atoms with Gasteiger partial charge < -0.3 is 9.73 Å². The Hall–Kier alpha value is -0.500. The van der Waals surface area contributed by atoms with Crippen LogP contribution in [0.1, 0.15) is 30.4 Å². The van der Waals surface area contributed by atoms with Crippen molar-refractivity contribution in [2.45, 2.75) is 38.6 Å². The molecule has 0 amide bonds. The first kappa shape index (κ1) is 16.9. The molecular formula is C14H24N2O3S2. The fourth-order valence-corrected chi connectivity index (χ4v) is 5.55. The first-order valence-corrected chi connectivity index (χ1v) is 9.95. The average Bonchev–Trinajstić information content (AvgIpc) is 2.75. The van der Waals surface area contributed by atoms with E-state index in [1.807, 2.05) is 6.92 Å². The maximum atomic E-state index is 12.9. The highest BCUT2D eigenvalue weighted by atomic mass is 32.2. The Bertz CT molecular complexity index is 575. The Morgan fingerprint density at radius 2 is 1.90 bits per heavy atom. The number of hydrogen-bond donors (Lipinski definition) is 1. The molecule has 0 spiro atoms.